The lowest BCUT2D eigenvalue weighted by Crippen LogP contribution is -1.99. The number of halogens is 1. The van der Waals surface area contributed by atoms with E-state index in [1.165, 1.54) is 28.3 Å². The van der Waals surface area contributed by atoms with Crippen molar-refractivity contribution in [2.45, 2.75) is 17.9 Å². The quantitative estimate of drug-likeness (QED) is 0.444. The highest BCUT2D eigenvalue weighted by Crippen LogP contribution is 2.44. The van der Waals surface area contributed by atoms with Crippen LogP contribution >= 0.6 is 11.6 Å². The molecule has 140 valence electrons. The normalized spacial score (nSPS) is 13.4. The van der Waals surface area contributed by atoms with Crippen molar-refractivity contribution in [1.29, 1.82) is 0 Å². The summed E-state index contributed by atoms with van der Waals surface area (Å²) in [6.07, 6.45) is 2.25. The Morgan fingerprint density at radius 3 is 2.25 bits per heavy atom. The van der Waals surface area contributed by atoms with Gasteiger partial charge in [0.05, 0.1) is 16.1 Å². The lowest BCUT2D eigenvalue weighted by molar-refractivity contribution is 0.602. The Labute approximate surface area is 169 Å². The standard InChI is InChI=1S/C23H18ClNO2S/c1-28(26,27)19-11-7-17(8-12-19)23-21(15-5-9-18(24)10-6-15)20-4-2-3-16-13-14-25(23)22(16)20/h2-12H,13-14H2,1H3. The van der Waals surface area contributed by atoms with Crippen LogP contribution in [0.5, 0.6) is 0 Å². The third kappa shape index (κ3) is 2.67. The van der Waals surface area contributed by atoms with E-state index in [1.54, 1.807) is 12.1 Å². The van der Waals surface area contributed by atoms with E-state index in [9.17, 15) is 8.42 Å². The molecule has 1 aromatic heterocycles. The molecule has 28 heavy (non-hydrogen) atoms. The van der Waals surface area contributed by atoms with Gasteiger partial charge in [0.25, 0.3) is 0 Å². The van der Waals surface area contributed by atoms with Crippen LogP contribution in [-0.4, -0.2) is 19.2 Å². The molecule has 2 heterocycles. The number of nitrogens with zero attached hydrogens (tertiary/aromatic N) is 1. The Kier molecular flexibility index (Phi) is 3.90. The fraction of sp³-hybridized carbons (Fsp3) is 0.130. The van der Waals surface area contributed by atoms with Crippen molar-refractivity contribution in [2.24, 2.45) is 0 Å². The zero-order valence-corrected chi connectivity index (χ0v) is 16.9. The van der Waals surface area contributed by atoms with Crippen molar-refractivity contribution in [2.75, 3.05) is 6.26 Å². The van der Waals surface area contributed by atoms with Crippen LogP contribution < -0.4 is 0 Å². The Hall–Kier alpha value is -2.56. The van der Waals surface area contributed by atoms with Gasteiger partial charge in [-0.15, -0.1) is 0 Å². The molecule has 3 aromatic carbocycles. The predicted octanol–water partition coefficient (Wildman–Crippen LogP) is 5.59. The molecule has 4 aromatic rings. The molecule has 3 nitrogen and oxygen atoms in total. The minimum Gasteiger partial charge on any atom is -0.339 e. The number of hydrogen-bond acceptors (Lipinski definition) is 2. The summed E-state index contributed by atoms with van der Waals surface area (Å²) in [7, 11) is -3.22. The summed E-state index contributed by atoms with van der Waals surface area (Å²) in [6.45, 7) is 0.923. The van der Waals surface area contributed by atoms with Crippen molar-refractivity contribution < 1.29 is 8.42 Å². The lowest BCUT2D eigenvalue weighted by Gasteiger charge is -2.11. The number of aryl methyl sites for hydroxylation is 2. The van der Waals surface area contributed by atoms with Gasteiger partial charge >= 0.3 is 0 Å². The van der Waals surface area contributed by atoms with E-state index in [1.807, 2.05) is 36.4 Å². The summed E-state index contributed by atoms with van der Waals surface area (Å²) in [5, 5.41) is 1.93. The second-order valence-electron chi connectivity index (χ2n) is 7.24. The monoisotopic (exact) mass is 407 g/mol. The lowest BCUT2D eigenvalue weighted by atomic mass is 9.97. The van der Waals surface area contributed by atoms with Crippen LogP contribution in [-0.2, 0) is 22.8 Å². The van der Waals surface area contributed by atoms with Gasteiger partial charge in [0.15, 0.2) is 9.84 Å². The van der Waals surface area contributed by atoms with E-state index in [-0.39, 0.29) is 0 Å². The molecule has 1 aliphatic heterocycles. The van der Waals surface area contributed by atoms with Crippen molar-refractivity contribution in [1.82, 2.24) is 4.57 Å². The molecular weight excluding hydrogens is 390 g/mol. The first-order valence-electron chi connectivity index (χ1n) is 9.14. The SMILES string of the molecule is CS(=O)(=O)c1ccc(-c2c(-c3ccc(Cl)cc3)c3cccc4c3n2CC4)cc1. The third-order valence-electron chi connectivity index (χ3n) is 5.46. The first kappa shape index (κ1) is 17.5. The van der Waals surface area contributed by atoms with Gasteiger partial charge in [-0.05, 0) is 47.4 Å². The molecule has 0 aliphatic carbocycles. The van der Waals surface area contributed by atoms with Gasteiger partial charge in [-0.25, -0.2) is 8.42 Å². The van der Waals surface area contributed by atoms with Gasteiger partial charge in [-0.3, -0.25) is 0 Å². The van der Waals surface area contributed by atoms with Gasteiger partial charge in [-0.1, -0.05) is 54.1 Å². The molecule has 0 saturated carbocycles. The Morgan fingerprint density at radius 2 is 1.57 bits per heavy atom. The van der Waals surface area contributed by atoms with E-state index in [4.69, 9.17) is 11.6 Å². The van der Waals surface area contributed by atoms with Gasteiger partial charge < -0.3 is 4.57 Å². The number of hydrogen-bond donors (Lipinski definition) is 0. The number of rotatable bonds is 3. The first-order valence-corrected chi connectivity index (χ1v) is 11.4. The third-order valence-corrected chi connectivity index (χ3v) is 6.84. The van der Waals surface area contributed by atoms with Crippen LogP contribution in [0, 0.1) is 0 Å². The second-order valence-corrected chi connectivity index (χ2v) is 9.69. The van der Waals surface area contributed by atoms with Crippen LogP contribution in [0.4, 0.5) is 0 Å². The Morgan fingerprint density at radius 1 is 0.893 bits per heavy atom. The second kappa shape index (κ2) is 6.23. The molecule has 0 atom stereocenters. The van der Waals surface area contributed by atoms with Crippen molar-refractivity contribution in [3.8, 4) is 22.4 Å². The topological polar surface area (TPSA) is 39.1 Å². The average Bonchev–Trinajstić information content (AvgIpc) is 3.25. The van der Waals surface area contributed by atoms with E-state index in [0.29, 0.717) is 9.92 Å². The maximum absolute atomic E-state index is 11.9. The van der Waals surface area contributed by atoms with E-state index in [0.717, 1.165) is 29.8 Å². The summed E-state index contributed by atoms with van der Waals surface area (Å²) in [5.74, 6) is 0. The highest BCUT2D eigenvalue weighted by atomic mass is 35.5. The Balaban J connectivity index is 1.82. The zero-order valence-electron chi connectivity index (χ0n) is 15.3. The van der Waals surface area contributed by atoms with Gasteiger partial charge in [0.1, 0.15) is 0 Å². The van der Waals surface area contributed by atoms with Crippen molar-refractivity contribution in [3.63, 3.8) is 0 Å². The average molecular weight is 408 g/mol. The van der Waals surface area contributed by atoms with Gasteiger partial charge in [0, 0.05) is 28.8 Å². The highest BCUT2D eigenvalue weighted by molar-refractivity contribution is 7.90. The van der Waals surface area contributed by atoms with Crippen LogP contribution in [0.25, 0.3) is 33.3 Å². The van der Waals surface area contributed by atoms with E-state index < -0.39 is 9.84 Å². The molecule has 5 heteroatoms. The van der Waals surface area contributed by atoms with E-state index >= 15 is 0 Å². The van der Waals surface area contributed by atoms with Crippen LogP contribution in [0.3, 0.4) is 0 Å². The molecular formula is C23H18ClNO2S. The number of para-hydroxylation sites is 1. The van der Waals surface area contributed by atoms with Crippen LogP contribution in [0.15, 0.2) is 71.6 Å². The number of benzene rings is 3. The van der Waals surface area contributed by atoms with E-state index in [2.05, 4.69) is 22.8 Å². The summed E-state index contributed by atoms with van der Waals surface area (Å²) in [6, 6.07) is 21.6. The van der Waals surface area contributed by atoms with Crippen molar-refractivity contribution >= 4 is 32.3 Å². The van der Waals surface area contributed by atoms with Crippen molar-refractivity contribution in [3.05, 3.63) is 77.3 Å². The molecule has 0 bridgehead atoms. The molecule has 0 spiro atoms. The minimum atomic E-state index is -3.22. The molecule has 5 rings (SSSR count). The summed E-state index contributed by atoms with van der Waals surface area (Å²) in [4.78, 5) is 0.336. The van der Waals surface area contributed by atoms with Gasteiger partial charge in [0.2, 0.25) is 0 Å². The molecule has 0 amide bonds. The first-order chi connectivity index (χ1) is 13.4. The highest BCUT2D eigenvalue weighted by Gasteiger charge is 2.25. The molecule has 0 fully saturated rings. The van der Waals surface area contributed by atoms with Crippen LogP contribution in [0.1, 0.15) is 5.56 Å². The molecule has 0 unspecified atom stereocenters. The summed E-state index contributed by atoms with van der Waals surface area (Å²) in [5.41, 5.74) is 7.04. The molecule has 0 radical (unpaired) electrons. The largest absolute Gasteiger partial charge is 0.339 e. The van der Waals surface area contributed by atoms with Gasteiger partial charge in [-0.2, -0.15) is 0 Å². The minimum absolute atomic E-state index is 0.336. The predicted molar refractivity (Wildman–Crippen MR) is 115 cm³/mol. The Bertz CT molecular complexity index is 1320. The smallest absolute Gasteiger partial charge is 0.175 e. The summed E-state index contributed by atoms with van der Waals surface area (Å²) < 4.78 is 26.1. The maximum atomic E-state index is 11.9. The molecule has 1 aliphatic rings. The summed E-state index contributed by atoms with van der Waals surface area (Å²) >= 11 is 6.11. The fourth-order valence-electron chi connectivity index (χ4n) is 4.21. The maximum Gasteiger partial charge on any atom is 0.175 e. The zero-order chi connectivity index (χ0) is 19.5. The molecule has 0 N–H and O–H groups in total. The molecule has 0 saturated heterocycles. The van der Waals surface area contributed by atoms with Crippen LogP contribution in [0.2, 0.25) is 5.02 Å². The number of sulfone groups is 1. The fourth-order valence-corrected chi connectivity index (χ4v) is 4.97. The number of aromatic nitrogens is 1.